The second-order valence-corrected chi connectivity index (χ2v) is 5.79. The van der Waals surface area contributed by atoms with E-state index in [9.17, 15) is 4.79 Å². The van der Waals surface area contributed by atoms with Gasteiger partial charge in [0.15, 0.2) is 0 Å². The average molecular weight is 332 g/mol. The maximum atomic E-state index is 11.6. The van der Waals surface area contributed by atoms with Crippen LogP contribution in [-0.2, 0) is 17.8 Å². The molecule has 25 heavy (non-hydrogen) atoms. The van der Waals surface area contributed by atoms with Crippen LogP contribution in [0.1, 0.15) is 27.0 Å². The lowest BCUT2D eigenvalue weighted by molar-refractivity contribution is 0.0600. The van der Waals surface area contributed by atoms with Gasteiger partial charge in [-0.25, -0.2) is 4.79 Å². The van der Waals surface area contributed by atoms with E-state index in [1.807, 2.05) is 72.8 Å². The first-order valence-electron chi connectivity index (χ1n) is 8.17. The Labute approximate surface area is 147 Å². The molecule has 0 aliphatic carbocycles. The second kappa shape index (κ2) is 8.15. The van der Waals surface area contributed by atoms with Crippen LogP contribution >= 0.6 is 0 Å². The molecule has 0 radical (unpaired) electrons. The third-order valence-electron chi connectivity index (χ3n) is 3.93. The number of benzene rings is 3. The summed E-state index contributed by atoms with van der Waals surface area (Å²) in [6.07, 6.45) is 0.754. The fraction of sp³-hybridized carbons (Fsp3) is 0.136. The minimum atomic E-state index is -0.313. The lowest BCUT2D eigenvalue weighted by Gasteiger charge is -2.08. The Morgan fingerprint density at radius 3 is 2.24 bits per heavy atom. The molecule has 0 bridgehead atoms. The van der Waals surface area contributed by atoms with Crippen LogP contribution < -0.4 is 4.74 Å². The molecule has 0 N–H and O–H groups in total. The van der Waals surface area contributed by atoms with E-state index in [2.05, 4.69) is 0 Å². The van der Waals surface area contributed by atoms with Crippen molar-refractivity contribution in [3.8, 4) is 5.75 Å². The van der Waals surface area contributed by atoms with Crippen LogP contribution in [0.25, 0.3) is 0 Å². The maximum Gasteiger partial charge on any atom is 0.337 e. The Balaban J connectivity index is 1.62. The summed E-state index contributed by atoms with van der Waals surface area (Å²) < 4.78 is 10.6. The van der Waals surface area contributed by atoms with Crippen LogP contribution in [0.2, 0.25) is 0 Å². The minimum Gasteiger partial charge on any atom is -0.489 e. The number of rotatable bonds is 6. The summed E-state index contributed by atoms with van der Waals surface area (Å²) in [4.78, 5) is 11.6. The van der Waals surface area contributed by atoms with Gasteiger partial charge in [0.1, 0.15) is 12.4 Å². The minimum absolute atomic E-state index is 0.313. The highest BCUT2D eigenvalue weighted by Gasteiger charge is 2.06. The summed E-state index contributed by atoms with van der Waals surface area (Å²) in [6, 6.07) is 25.6. The van der Waals surface area contributed by atoms with E-state index >= 15 is 0 Å². The standard InChI is InChI=1S/C22H20O3/c1-24-22(23)20-9-5-8-19(15-20)14-17-10-12-21(13-11-17)25-16-18-6-3-2-4-7-18/h2-13,15H,14,16H2,1H3. The number of methoxy groups -OCH3 is 1. The van der Waals surface area contributed by atoms with E-state index in [0.717, 1.165) is 28.9 Å². The molecule has 0 heterocycles. The van der Waals surface area contributed by atoms with Crippen molar-refractivity contribution in [3.63, 3.8) is 0 Å². The lowest BCUT2D eigenvalue weighted by atomic mass is 10.0. The van der Waals surface area contributed by atoms with Gasteiger partial charge in [0.2, 0.25) is 0 Å². The van der Waals surface area contributed by atoms with Gasteiger partial charge in [0.25, 0.3) is 0 Å². The van der Waals surface area contributed by atoms with Crippen LogP contribution in [0.3, 0.4) is 0 Å². The second-order valence-electron chi connectivity index (χ2n) is 5.79. The first-order chi connectivity index (χ1) is 12.2. The van der Waals surface area contributed by atoms with Gasteiger partial charge >= 0.3 is 5.97 Å². The molecule has 0 spiro atoms. The quantitative estimate of drug-likeness (QED) is 0.617. The van der Waals surface area contributed by atoms with Gasteiger partial charge in [0, 0.05) is 0 Å². The molecule has 0 unspecified atom stereocenters. The number of ether oxygens (including phenoxy) is 2. The zero-order chi connectivity index (χ0) is 17.5. The molecule has 0 aliphatic heterocycles. The first-order valence-corrected chi connectivity index (χ1v) is 8.17. The summed E-state index contributed by atoms with van der Waals surface area (Å²) in [6.45, 7) is 0.557. The van der Waals surface area contributed by atoms with Crippen molar-refractivity contribution in [2.45, 2.75) is 13.0 Å². The SMILES string of the molecule is COC(=O)c1cccc(Cc2ccc(OCc3ccccc3)cc2)c1. The summed E-state index contributed by atoms with van der Waals surface area (Å²) in [5.41, 5.74) is 3.95. The van der Waals surface area contributed by atoms with Gasteiger partial charge in [-0.1, -0.05) is 54.6 Å². The van der Waals surface area contributed by atoms with Gasteiger partial charge in [-0.15, -0.1) is 0 Å². The van der Waals surface area contributed by atoms with Crippen LogP contribution in [-0.4, -0.2) is 13.1 Å². The Kier molecular flexibility index (Phi) is 5.47. The summed E-state index contributed by atoms with van der Waals surface area (Å²) in [5.74, 6) is 0.530. The molecule has 0 aromatic heterocycles. The van der Waals surface area contributed by atoms with Crippen molar-refractivity contribution in [1.29, 1.82) is 0 Å². The van der Waals surface area contributed by atoms with Crippen molar-refractivity contribution >= 4 is 5.97 Å². The van der Waals surface area contributed by atoms with Gasteiger partial charge in [-0.3, -0.25) is 0 Å². The first kappa shape index (κ1) is 16.8. The zero-order valence-corrected chi connectivity index (χ0v) is 14.1. The molecule has 126 valence electrons. The fourth-order valence-electron chi connectivity index (χ4n) is 2.61. The van der Waals surface area contributed by atoms with Gasteiger partial charge in [0.05, 0.1) is 12.7 Å². The van der Waals surface area contributed by atoms with E-state index in [4.69, 9.17) is 9.47 Å². The van der Waals surface area contributed by atoms with Crippen LogP contribution in [0.15, 0.2) is 78.9 Å². The molecule has 0 atom stereocenters. The van der Waals surface area contributed by atoms with E-state index in [1.165, 1.54) is 7.11 Å². The number of hydrogen-bond donors (Lipinski definition) is 0. The number of carbonyl (C=O) groups excluding carboxylic acids is 1. The summed E-state index contributed by atoms with van der Waals surface area (Å²) >= 11 is 0. The molecule has 0 saturated carbocycles. The highest BCUT2D eigenvalue weighted by Crippen LogP contribution is 2.17. The smallest absolute Gasteiger partial charge is 0.337 e. The normalized spacial score (nSPS) is 10.3. The zero-order valence-electron chi connectivity index (χ0n) is 14.1. The van der Waals surface area contributed by atoms with Gasteiger partial charge in [-0.05, 0) is 47.4 Å². The summed E-state index contributed by atoms with van der Waals surface area (Å²) in [5, 5.41) is 0. The number of hydrogen-bond acceptors (Lipinski definition) is 3. The van der Waals surface area contributed by atoms with Gasteiger partial charge in [-0.2, -0.15) is 0 Å². The van der Waals surface area contributed by atoms with Crippen molar-refractivity contribution in [1.82, 2.24) is 0 Å². The number of carbonyl (C=O) groups is 1. The molecule has 0 amide bonds. The Bertz CT molecular complexity index is 823. The molecule has 0 fully saturated rings. The fourth-order valence-corrected chi connectivity index (χ4v) is 2.61. The molecule has 3 heteroatoms. The molecule has 3 rings (SSSR count). The van der Waals surface area contributed by atoms with Crippen molar-refractivity contribution < 1.29 is 14.3 Å². The average Bonchev–Trinajstić information content (AvgIpc) is 2.68. The van der Waals surface area contributed by atoms with Crippen molar-refractivity contribution in [3.05, 3.63) is 101 Å². The predicted molar refractivity (Wildman–Crippen MR) is 97.8 cm³/mol. The lowest BCUT2D eigenvalue weighted by Crippen LogP contribution is -2.01. The molecular weight excluding hydrogens is 312 g/mol. The summed E-state index contributed by atoms with van der Waals surface area (Å²) in [7, 11) is 1.39. The monoisotopic (exact) mass is 332 g/mol. The molecular formula is C22H20O3. The highest BCUT2D eigenvalue weighted by atomic mass is 16.5. The Morgan fingerprint density at radius 2 is 1.52 bits per heavy atom. The largest absolute Gasteiger partial charge is 0.489 e. The van der Waals surface area contributed by atoms with E-state index < -0.39 is 0 Å². The maximum absolute atomic E-state index is 11.6. The number of esters is 1. The van der Waals surface area contributed by atoms with Crippen molar-refractivity contribution in [2.24, 2.45) is 0 Å². The molecule has 3 aromatic rings. The molecule has 3 aromatic carbocycles. The molecule has 3 nitrogen and oxygen atoms in total. The highest BCUT2D eigenvalue weighted by molar-refractivity contribution is 5.89. The molecule has 0 aliphatic rings. The van der Waals surface area contributed by atoms with Crippen LogP contribution in [0.4, 0.5) is 0 Å². The predicted octanol–water partition coefficient (Wildman–Crippen LogP) is 4.64. The molecule has 0 saturated heterocycles. The third-order valence-corrected chi connectivity index (χ3v) is 3.93. The van der Waals surface area contributed by atoms with Gasteiger partial charge < -0.3 is 9.47 Å². The van der Waals surface area contributed by atoms with E-state index in [-0.39, 0.29) is 5.97 Å². The van der Waals surface area contributed by atoms with E-state index in [0.29, 0.717) is 12.2 Å². The van der Waals surface area contributed by atoms with E-state index in [1.54, 1.807) is 6.07 Å². The Hall–Kier alpha value is -3.07. The topological polar surface area (TPSA) is 35.5 Å². The van der Waals surface area contributed by atoms with Crippen LogP contribution in [0, 0.1) is 0 Å². The third kappa shape index (κ3) is 4.70. The van der Waals surface area contributed by atoms with Crippen LogP contribution in [0.5, 0.6) is 5.75 Å². The Morgan fingerprint density at radius 1 is 0.800 bits per heavy atom. The van der Waals surface area contributed by atoms with Crippen molar-refractivity contribution in [2.75, 3.05) is 7.11 Å².